The highest BCUT2D eigenvalue weighted by atomic mass is 19.1. The number of halogens is 2. The fourth-order valence-corrected chi connectivity index (χ4v) is 4.81. The standard InChI is InChI=1S/C22H25F2N3O4/c1-12-3-2-4-19(12)27-8-7-17(15(11-27)22(29)30)25-21(28)18-10-20(31-26-18)14-6-5-13(23)9-16(14)24/h5-6,9-10,12,15,17,19H,2-4,7-8,11H2,1H3,(H,25,28)(H,29,30)/t12-,15-,17-,19+/m1/s1. The summed E-state index contributed by atoms with van der Waals surface area (Å²) < 4.78 is 32.1. The lowest BCUT2D eigenvalue weighted by Crippen LogP contribution is -2.56. The molecule has 0 bridgehead atoms. The van der Waals surface area contributed by atoms with Crippen LogP contribution in [0.5, 0.6) is 0 Å². The second kappa shape index (κ2) is 8.74. The van der Waals surface area contributed by atoms with Crippen molar-refractivity contribution in [2.45, 2.75) is 44.7 Å². The molecule has 1 aromatic carbocycles. The monoisotopic (exact) mass is 433 g/mol. The van der Waals surface area contributed by atoms with E-state index in [2.05, 4.69) is 22.3 Å². The summed E-state index contributed by atoms with van der Waals surface area (Å²) in [6.45, 7) is 3.31. The molecule has 1 aliphatic carbocycles. The third-order valence-electron chi connectivity index (χ3n) is 6.50. The number of amides is 1. The zero-order valence-corrected chi connectivity index (χ0v) is 17.2. The number of benzene rings is 1. The number of likely N-dealkylation sites (tertiary alicyclic amines) is 1. The summed E-state index contributed by atoms with van der Waals surface area (Å²) in [6.07, 6.45) is 3.90. The molecule has 9 heteroatoms. The van der Waals surface area contributed by atoms with Gasteiger partial charge >= 0.3 is 5.97 Å². The minimum atomic E-state index is -0.949. The number of carbonyl (C=O) groups is 2. The average molecular weight is 433 g/mol. The maximum Gasteiger partial charge on any atom is 0.309 e. The minimum Gasteiger partial charge on any atom is -0.481 e. The van der Waals surface area contributed by atoms with Gasteiger partial charge < -0.3 is 14.9 Å². The van der Waals surface area contributed by atoms with Gasteiger partial charge in [0.2, 0.25) is 0 Å². The van der Waals surface area contributed by atoms with Crippen molar-refractivity contribution in [3.8, 4) is 11.3 Å². The Bertz CT molecular complexity index is 979. The number of nitrogens with one attached hydrogen (secondary N) is 1. The molecular formula is C22H25F2N3O4. The highest BCUT2D eigenvalue weighted by Crippen LogP contribution is 2.32. The molecule has 2 fully saturated rings. The largest absolute Gasteiger partial charge is 0.481 e. The second-order valence-electron chi connectivity index (χ2n) is 8.48. The van der Waals surface area contributed by atoms with Crippen LogP contribution in [0.2, 0.25) is 0 Å². The van der Waals surface area contributed by atoms with Crippen molar-refractivity contribution in [1.82, 2.24) is 15.4 Å². The van der Waals surface area contributed by atoms with Gasteiger partial charge in [0.15, 0.2) is 11.5 Å². The van der Waals surface area contributed by atoms with Crippen LogP contribution >= 0.6 is 0 Å². The lowest BCUT2D eigenvalue weighted by atomic mass is 9.89. The van der Waals surface area contributed by atoms with Crippen LogP contribution in [0.15, 0.2) is 28.8 Å². The van der Waals surface area contributed by atoms with Crippen LogP contribution in [0.25, 0.3) is 11.3 Å². The average Bonchev–Trinajstić information content (AvgIpc) is 3.37. The molecule has 1 aromatic heterocycles. The summed E-state index contributed by atoms with van der Waals surface area (Å²) in [4.78, 5) is 26.8. The van der Waals surface area contributed by atoms with Gasteiger partial charge in [0.05, 0.1) is 11.5 Å². The van der Waals surface area contributed by atoms with Crippen LogP contribution in [0.1, 0.15) is 43.1 Å². The Morgan fingerprint density at radius 2 is 2.03 bits per heavy atom. The Morgan fingerprint density at radius 1 is 1.23 bits per heavy atom. The van der Waals surface area contributed by atoms with Gasteiger partial charge in [-0.2, -0.15) is 0 Å². The zero-order chi connectivity index (χ0) is 22.1. The van der Waals surface area contributed by atoms with Gasteiger partial charge in [0.1, 0.15) is 11.6 Å². The van der Waals surface area contributed by atoms with Crippen LogP contribution in [-0.2, 0) is 4.79 Å². The summed E-state index contributed by atoms with van der Waals surface area (Å²) in [6, 6.07) is 4.11. The summed E-state index contributed by atoms with van der Waals surface area (Å²) in [5, 5.41) is 16.2. The molecule has 2 heterocycles. The van der Waals surface area contributed by atoms with Gasteiger partial charge in [-0.25, -0.2) is 8.78 Å². The molecule has 0 spiro atoms. The van der Waals surface area contributed by atoms with E-state index >= 15 is 0 Å². The molecule has 1 aliphatic heterocycles. The fourth-order valence-electron chi connectivity index (χ4n) is 4.81. The summed E-state index contributed by atoms with van der Waals surface area (Å²) in [5.74, 6) is -3.29. The Hall–Kier alpha value is -2.81. The number of hydrogen-bond donors (Lipinski definition) is 2. The number of aromatic nitrogens is 1. The Labute approximate surface area is 178 Å². The summed E-state index contributed by atoms with van der Waals surface area (Å²) in [7, 11) is 0. The number of rotatable bonds is 5. The van der Waals surface area contributed by atoms with Gasteiger partial charge in [-0.3, -0.25) is 14.5 Å². The molecule has 2 N–H and O–H groups in total. The first-order valence-electron chi connectivity index (χ1n) is 10.5. The normalized spacial score (nSPS) is 26.7. The molecule has 4 atom stereocenters. The quantitative estimate of drug-likeness (QED) is 0.751. The van der Waals surface area contributed by atoms with Crippen molar-refractivity contribution >= 4 is 11.9 Å². The predicted octanol–water partition coefficient (Wildman–Crippen LogP) is 3.31. The maximum atomic E-state index is 14.0. The molecule has 1 saturated carbocycles. The topological polar surface area (TPSA) is 95.7 Å². The van der Waals surface area contributed by atoms with E-state index in [9.17, 15) is 23.5 Å². The Balaban J connectivity index is 1.44. The second-order valence-corrected chi connectivity index (χ2v) is 8.48. The fraction of sp³-hybridized carbons (Fsp3) is 0.500. The van der Waals surface area contributed by atoms with Crippen molar-refractivity contribution in [1.29, 1.82) is 0 Å². The molecular weight excluding hydrogens is 408 g/mol. The lowest BCUT2D eigenvalue weighted by molar-refractivity contribution is -0.145. The van der Waals surface area contributed by atoms with Crippen LogP contribution < -0.4 is 5.32 Å². The smallest absolute Gasteiger partial charge is 0.309 e. The van der Waals surface area contributed by atoms with E-state index in [0.29, 0.717) is 37.5 Å². The maximum absolute atomic E-state index is 14.0. The van der Waals surface area contributed by atoms with Crippen LogP contribution in [0.3, 0.4) is 0 Å². The number of piperidine rings is 1. The van der Waals surface area contributed by atoms with Gasteiger partial charge in [0.25, 0.3) is 5.91 Å². The van der Waals surface area contributed by atoms with Gasteiger partial charge in [-0.05, 0) is 37.3 Å². The molecule has 0 radical (unpaired) electrons. The van der Waals surface area contributed by atoms with Crippen molar-refractivity contribution in [2.24, 2.45) is 11.8 Å². The Morgan fingerprint density at radius 3 is 2.71 bits per heavy atom. The molecule has 7 nitrogen and oxygen atoms in total. The summed E-state index contributed by atoms with van der Waals surface area (Å²) in [5.41, 5.74) is -0.106. The van der Waals surface area contributed by atoms with Gasteiger partial charge in [0, 0.05) is 37.3 Å². The van der Waals surface area contributed by atoms with Crippen molar-refractivity contribution < 1.29 is 28.0 Å². The highest BCUT2D eigenvalue weighted by Gasteiger charge is 2.40. The lowest BCUT2D eigenvalue weighted by Gasteiger charge is -2.41. The molecule has 4 rings (SSSR count). The first kappa shape index (κ1) is 21.4. The minimum absolute atomic E-state index is 0.0116. The van der Waals surface area contributed by atoms with E-state index in [1.807, 2.05) is 0 Å². The third-order valence-corrected chi connectivity index (χ3v) is 6.50. The van der Waals surface area contributed by atoms with E-state index in [1.54, 1.807) is 0 Å². The number of carboxylic acids is 1. The zero-order valence-electron chi connectivity index (χ0n) is 17.2. The Kier molecular flexibility index (Phi) is 6.04. The number of hydrogen-bond acceptors (Lipinski definition) is 5. The first-order valence-corrected chi connectivity index (χ1v) is 10.5. The predicted molar refractivity (Wildman–Crippen MR) is 107 cm³/mol. The molecule has 0 unspecified atom stereocenters. The first-order chi connectivity index (χ1) is 14.8. The SMILES string of the molecule is C[C@@H]1CCC[C@@H]1N1CC[C@@H](NC(=O)c2cc(-c3ccc(F)cc3F)on2)[C@H](C(=O)O)C1. The molecule has 166 valence electrons. The van der Waals surface area contributed by atoms with E-state index in [4.69, 9.17) is 4.52 Å². The van der Waals surface area contributed by atoms with E-state index < -0.39 is 35.5 Å². The highest BCUT2D eigenvalue weighted by molar-refractivity contribution is 5.93. The molecule has 2 aromatic rings. The summed E-state index contributed by atoms with van der Waals surface area (Å²) >= 11 is 0. The van der Waals surface area contributed by atoms with Gasteiger partial charge in [-0.15, -0.1) is 0 Å². The number of carbonyl (C=O) groups excluding carboxylic acids is 1. The molecule has 2 aliphatic rings. The number of nitrogens with zero attached hydrogens (tertiary/aromatic N) is 2. The van der Waals surface area contributed by atoms with E-state index in [1.165, 1.54) is 12.1 Å². The molecule has 1 amide bonds. The molecule has 31 heavy (non-hydrogen) atoms. The van der Waals surface area contributed by atoms with Crippen LogP contribution in [0, 0.1) is 23.5 Å². The van der Waals surface area contributed by atoms with Crippen LogP contribution in [0.4, 0.5) is 8.78 Å². The van der Waals surface area contributed by atoms with E-state index in [0.717, 1.165) is 25.3 Å². The van der Waals surface area contributed by atoms with Gasteiger partial charge in [-0.1, -0.05) is 18.5 Å². The van der Waals surface area contributed by atoms with Crippen molar-refractivity contribution in [3.63, 3.8) is 0 Å². The third kappa shape index (κ3) is 4.46. The van der Waals surface area contributed by atoms with E-state index in [-0.39, 0.29) is 17.0 Å². The number of carboxylic acid groups (broad SMARTS) is 1. The molecule has 1 saturated heterocycles. The van der Waals surface area contributed by atoms with Crippen LogP contribution in [-0.4, -0.2) is 52.2 Å². The van der Waals surface area contributed by atoms with Crippen molar-refractivity contribution in [3.05, 3.63) is 41.6 Å². The number of aliphatic carboxylic acids is 1. The van der Waals surface area contributed by atoms with Crippen molar-refractivity contribution in [2.75, 3.05) is 13.1 Å².